The lowest BCUT2D eigenvalue weighted by Gasteiger charge is -2.27. The number of alkyl halides is 3. The van der Waals surface area contributed by atoms with Crippen LogP contribution >= 0.6 is 22.6 Å². The van der Waals surface area contributed by atoms with E-state index >= 15 is 0 Å². The maximum atomic E-state index is 11.8. The van der Waals surface area contributed by atoms with Crippen LogP contribution in [0.2, 0.25) is 0 Å². The second-order valence-corrected chi connectivity index (χ2v) is 4.66. The minimum absolute atomic E-state index is 0.0633. The van der Waals surface area contributed by atoms with Crippen LogP contribution in [0.1, 0.15) is 25.7 Å². The highest BCUT2D eigenvalue weighted by Crippen LogP contribution is 2.27. The molecule has 1 nitrogen and oxygen atoms in total. The van der Waals surface area contributed by atoms with Gasteiger partial charge in [-0.05, 0) is 12.8 Å². The maximum absolute atomic E-state index is 11.8. The third-order valence-electron chi connectivity index (χ3n) is 2.06. The summed E-state index contributed by atoms with van der Waals surface area (Å²) in [4.78, 5) is 0. The van der Waals surface area contributed by atoms with E-state index in [0.29, 0.717) is 3.92 Å². The van der Waals surface area contributed by atoms with Gasteiger partial charge in [0.05, 0.1) is 6.10 Å². The Hall–Kier alpha value is 0.550. The molecule has 0 aromatic carbocycles. The van der Waals surface area contributed by atoms with Crippen molar-refractivity contribution in [3.8, 4) is 0 Å². The van der Waals surface area contributed by atoms with Crippen molar-refractivity contribution in [2.24, 2.45) is 0 Å². The van der Waals surface area contributed by atoms with Gasteiger partial charge in [-0.2, -0.15) is 0 Å². The first-order valence-electron chi connectivity index (χ1n) is 4.24. The van der Waals surface area contributed by atoms with Crippen LogP contribution in [0.25, 0.3) is 0 Å². The number of rotatable bonds is 3. The fourth-order valence-corrected chi connectivity index (χ4v) is 2.44. The zero-order valence-corrected chi connectivity index (χ0v) is 8.97. The van der Waals surface area contributed by atoms with E-state index in [-0.39, 0.29) is 6.10 Å². The Morgan fingerprint density at radius 3 is 2.58 bits per heavy atom. The molecule has 1 saturated carbocycles. The minimum atomic E-state index is -2.32. The Morgan fingerprint density at radius 1 is 1.33 bits per heavy atom. The number of halogens is 3. The van der Waals surface area contributed by atoms with E-state index in [9.17, 15) is 8.78 Å². The molecule has 0 radical (unpaired) electrons. The van der Waals surface area contributed by atoms with Crippen LogP contribution < -0.4 is 0 Å². The van der Waals surface area contributed by atoms with Gasteiger partial charge >= 0.3 is 0 Å². The van der Waals surface area contributed by atoms with Gasteiger partial charge in [-0.25, -0.2) is 8.78 Å². The molecule has 0 bridgehead atoms. The second-order valence-electron chi connectivity index (χ2n) is 3.06. The molecule has 0 aromatic heterocycles. The Morgan fingerprint density at radius 2 is 2.00 bits per heavy atom. The Labute approximate surface area is 85.0 Å². The van der Waals surface area contributed by atoms with Gasteiger partial charge in [-0.1, -0.05) is 35.4 Å². The van der Waals surface area contributed by atoms with Crippen LogP contribution in [0, 0.1) is 0 Å². The van der Waals surface area contributed by atoms with Crippen molar-refractivity contribution in [2.75, 3.05) is 6.61 Å². The highest BCUT2D eigenvalue weighted by Gasteiger charge is 2.23. The molecule has 12 heavy (non-hydrogen) atoms. The molecule has 0 spiro atoms. The molecule has 1 fully saturated rings. The summed E-state index contributed by atoms with van der Waals surface area (Å²) >= 11 is 2.30. The molecule has 0 amide bonds. The first-order chi connectivity index (χ1) is 5.70. The van der Waals surface area contributed by atoms with Crippen LogP contribution in [0.15, 0.2) is 0 Å². The summed E-state index contributed by atoms with van der Waals surface area (Å²) < 4.78 is 29.1. The van der Waals surface area contributed by atoms with E-state index < -0.39 is 13.0 Å². The summed E-state index contributed by atoms with van der Waals surface area (Å²) in [5, 5.41) is 0. The molecule has 0 aromatic rings. The van der Waals surface area contributed by atoms with Crippen molar-refractivity contribution in [3.63, 3.8) is 0 Å². The molecule has 1 rings (SSSR count). The van der Waals surface area contributed by atoms with Gasteiger partial charge in [0.15, 0.2) is 0 Å². The first-order valence-corrected chi connectivity index (χ1v) is 5.48. The molecule has 72 valence electrons. The van der Waals surface area contributed by atoms with Crippen LogP contribution in [0.5, 0.6) is 0 Å². The van der Waals surface area contributed by atoms with E-state index in [4.69, 9.17) is 4.74 Å². The van der Waals surface area contributed by atoms with Crippen LogP contribution in [-0.2, 0) is 4.74 Å². The fourth-order valence-electron chi connectivity index (χ4n) is 1.44. The summed E-state index contributed by atoms with van der Waals surface area (Å²) in [6, 6.07) is 0. The fraction of sp³-hybridized carbons (Fsp3) is 1.00. The normalized spacial score (nSPS) is 31.0. The Balaban J connectivity index is 2.20. The zero-order valence-electron chi connectivity index (χ0n) is 6.81. The van der Waals surface area contributed by atoms with Gasteiger partial charge in [0.1, 0.15) is 6.61 Å². The molecule has 2 atom stereocenters. The monoisotopic (exact) mass is 290 g/mol. The van der Waals surface area contributed by atoms with Crippen molar-refractivity contribution >= 4 is 22.6 Å². The Kier molecular flexibility index (Phi) is 4.71. The van der Waals surface area contributed by atoms with E-state index in [1.807, 2.05) is 0 Å². The smallest absolute Gasteiger partial charge is 0.261 e. The zero-order chi connectivity index (χ0) is 8.97. The molecule has 0 heterocycles. The summed E-state index contributed by atoms with van der Waals surface area (Å²) in [6.07, 6.45) is 2.12. The SMILES string of the molecule is FC(F)COC1CCCCC1I. The molecular formula is C8H13F2IO. The van der Waals surface area contributed by atoms with Crippen molar-refractivity contribution in [1.29, 1.82) is 0 Å². The van der Waals surface area contributed by atoms with Crippen molar-refractivity contribution in [1.82, 2.24) is 0 Å². The van der Waals surface area contributed by atoms with Gasteiger partial charge in [0, 0.05) is 3.92 Å². The third kappa shape index (κ3) is 3.51. The average Bonchev–Trinajstić information content (AvgIpc) is 2.03. The molecule has 0 N–H and O–H groups in total. The predicted molar refractivity (Wildman–Crippen MR) is 52.0 cm³/mol. The predicted octanol–water partition coefficient (Wildman–Crippen LogP) is 3.01. The van der Waals surface area contributed by atoms with Crippen molar-refractivity contribution < 1.29 is 13.5 Å². The molecule has 2 unspecified atom stereocenters. The van der Waals surface area contributed by atoms with E-state index in [1.54, 1.807) is 0 Å². The summed E-state index contributed by atoms with van der Waals surface area (Å²) in [6.45, 7) is -0.399. The highest BCUT2D eigenvalue weighted by atomic mass is 127. The lowest BCUT2D eigenvalue weighted by atomic mass is 9.98. The van der Waals surface area contributed by atoms with Gasteiger partial charge in [-0.3, -0.25) is 0 Å². The minimum Gasteiger partial charge on any atom is -0.371 e. The van der Waals surface area contributed by atoms with Crippen molar-refractivity contribution in [2.45, 2.75) is 42.1 Å². The van der Waals surface area contributed by atoms with E-state index in [0.717, 1.165) is 19.3 Å². The number of hydrogen-bond donors (Lipinski definition) is 0. The maximum Gasteiger partial charge on any atom is 0.261 e. The van der Waals surface area contributed by atoms with Gasteiger partial charge < -0.3 is 4.74 Å². The van der Waals surface area contributed by atoms with Gasteiger partial charge in [-0.15, -0.1) is 0 Å². The van der Waals surface area contributed by atoms with E-state index in [2.05, 4.69) is 22.6 Å². The van der Waals surface area contributed by atoms with Gasteiger partial charge in [0.25, 0.3) is 6.43 Å². The number of hydrogen-bond acceptors (Lipinski definition) is 1. The van der Waals surface area contributed by atoms with Crippen LogP contribution in [-0.4, -0.2) is 23.1 Å². The lowest BCUT2D eigenvalue weighted by Crippen LogP contribution is -2.29. The third-order valence-corrected chi connectivity index (χ3v) is 3.48. The largest absolute Gasteiger partial charge is 0.371 e. The first kappa shape index (κ1) is 10.6. The quantitative estimate of drug-likeness (QED) is 0.573. The molecule has 1 aliphatic rings. The van der Waals surface area contributed by atoms with Crippen LogP contribution in [0.3, 0.4) is 0 Å². The summed E-state index contributed by atoms with van der Waals surface area (Å²) in [5.41, 5.74) is 0. The van der Waals surface area contributed by atoms with Crippen molar-refractivity contribution in [3.05, 3.63) is 0 Å². The average molecular weight is 290 g/mol. The number of ether oxygens (including phenoxy) is 1. The molecule has 1 aliphatic carbocycles. The van der Waals surface area contributed by atoms with E-state index in [1.165, 1.54) is 6.42 Å². The van der Waals surface area contributed by atoms with Gasteiger partial charge in [0.2, 0.25) is 0 Å². The highest BCUT2D eigenvalue weighted by molar-refractivity contribution is 14.1. The lowest BCUT2D eigenvalue weighted by molar-refractivity contribution is -0.0319. The van der Waals surface area contributed by atoms with Crippen LogP contribution in [0.4, 0.5) is 8.78 Å². The molecule has 0 aliphatic heterocycles. The summed E-state index contributed by atoms with van der Waals surface area (Å²) in [7, 11) is 0. The summed E-state index contributed by atoms with van der Waals surface area (Å²) in [5.74, 6) is 0. The molecule has 0 saturated heterocycles. The molecular weight excluding hydrogens is 277 g/mol. The molecule has 4 heteroatoms. The topological polar surface area (TPSA) is 9.23 Å². The standard InChI is InChI=1S/C8H13F2IO/c9-8(10)5-12-7-4-2-1-3-6(7)11/h6-8H,1-5H2. The Bertz CT molecular complexity index is 132. The second kappa shape index (κ2) is 5.32.